The molecule has 0 bridgehead atoms. The summed E-state index contributed by atoms with van der Waals surface area (Å²) in [6, 6.07) is 10.5. The maximum Gasteiger partial charge on any atom is 0.240 e. The Bertz CT molecular complexity index is 730. The van der Waals surface area contributed by atoms with Gasteiger partial charge < -0.3 is 0 Å². The lowest BCUT2D eigenvalue weighted by molar-refractivity contribution is 0.580. The number of aryl methyl sites for hydroxylation is 2. The quantitative estimate of drug-likeness (QED) is 0.917. The Labute approximate surface area is 127 Å². The molecule has 1 heterocycles. The second kappa shape index (κ2) is 6.03. The van der Waals surface area contributed by atoms with Crippen molar-refractivity contribution in [2.75, 3.05) is 0 Å². The van der Waals surface area contributed by atoms with Crippen LogP contribution in [0.15, 0.2) is 45.8 Å². The SMILES string of the molecule is Cc1cccc(CNS(=O)(=O)c2ccc(Br)c(C)c2)n1. The van der Waals surface area contributed by atoms with Crippen LogP contribution in [0.25, 0.3) is 0 Å². The van der Waals surface area contributed by atoms with Gasteiger partial charge in [-0.2, -0.15) is 0 Å². The zero-order valence-corrected chi connectivity index (χ0v) is 13.6. The first-order chi connectivity index (χ1) is 9.38. The first kappa shape index (κ1) is 15.2. The number of hydrogen-bond donors (Lipinski definition) is 1. The van der Waals surface area contributed by atoms with Crippen molar-refractivity contribution in [1.82, 2.24) is 9.71 Å². The Morgan fingerprint density at radius 2 is 1.95 bits per heavy atom. The molecule has 2 rings (SSSR count). The number of pyridine rings is 1. The molecular weight excluding hydrogens is 340 g/mol. The van der Waals surface area contributed by atoms with Crippen molar-refractivity contribution in [1.29, 1.82) is 0 Å². The lowest BCUT2D eigenvalue weighted by Gasteiger charge is -2.08. The van der Waals surface area contributed by atoms with E-state index in [2.05, 4.69) is 25.6 Å². The van der Waals surface area contributed by atoms with E-state index in [-0.39, 0.29) is 11.4 Å². The van der Waals surface area contributed by atoms with Crippen LogP contribution in [-0.2, 0) is 16.6 Å². The molecule has 6 heteroatoms. The molecule has 0 unspecified atom stereocenters. The number of aromatic nitrogens is 1. The average molecular weight is 355 g/mol. The van der Waals surface area contributed by atoms with Gasteiger partial charge in [0.15, 0.2) is 0 Å². The van der Waals surface area contributed by atoms with Gasteiger partial charge in [0, 0.05) is 10.2 Å². The molecule has 0 fully saturated rings. The van der Waals surface area contributed by atoms with E-state index >= 15 is 0 Å². The van der Waals surface area contributed by atoms with Gasteiger partial charge in [0.2, 0.25) is 10.0 Å². The van der Waals surface area contributed by atoms with Crippen LogP contribution in [0.4, 0.5) is 0 Å². The van der Waals surface area contributed by atoms with E-state index in [4.69, 9.17) is 0 Å². The third-order valence-electron chi connectivity index (χ3n) is 2.83. The molecule has 0 aliphatic heterocycles. The largest absolute Gasteiger partial charge is 0.257 e. The summed E-state index contributed by atoms with van der Waals surface area (Å²) in [6.07, 6.45) is 0. The number of nitrogens with zero attached hydrogens (tertiary/aromatic N) is 1. The van der Waals surface area contributed by atoms with Crippen LogP contribution in [0, 0.1) is 13.8 Å². The molecule has 0 spiro atoms. The highest BCUT2D eigenvalue weighted by molar-refractivity contribution is 9.10. The number of nitrogens with one attached hydrogen (secondary N) is 1. The third-order valence-corrected chi connectivity index (χ3v) is 5.12. The molecule has 0 saturated carbocycles. The normalized spacial score (nSPS) is 11.6. The highest BCUT2D eigenvalue weighted by Crippen LogP contribution is 2.20. The first-order valence-electron chi connectivity index (χ1n) is 6.07. The summed E-state index contributed by atoms with van der Waals surface area (Å²) < 4.78 is 27.8. The van der Waals surface area contributed by atoms with Crippen LogP contribution in [-0.4, -0.2) is 13.4 Å². The Hall–Kier alpha value is -1.24. The molecule has 0 atom stereocenters. The maximum absolute atomic E-state index is 12.2. The number of benzene rings is 1. The van der Waals surface area contributed by atoms with Crippen LogP contribution < -0.4 is 4.72 Å². The summed E-state index contributed by atoms with van der Waals surface area (Å²) in [7, 11) is -3.52. The fourth-order valence-corrected chi connectivity index (χ4v) is 3.06. The van der Waals surface area contributed by atoms with E-state index in [1.54, 1.807) is 24.3 Å². The van der Waals surface area contributed by atoms with Crippen molar-refractivity contribution in [2.24, 2.45) is 0 Å². The molecule has 0 amide bonds. The zero-order chi connectivity index (χ0) is 14.8. The van der Waals surface area contributed by atoms with Gasteiger partial charge in [0.05, 0.1) is 17.1 Å². The minimum Gasteiger partial charge on any atom is -0.257 e. The van der Waals surface area contributed by atoms with E-state index in [0.29, 0.717) is 5.69 Å². The molecule has 106 valence electrons. The summed E-state index contributed by atoms with van der Waals surface area (Å²) in [4.78, 5) is 4.52. The molecule has 0 radical (unpaired) electrons. The Morgan fingerprint density at radius 3 is 2.60 bits per heavy atom. The molecule has 2 aromatic rings. The lowest BCUT2D eigenvalue weighted by Crippen LogP contribution is -2.23. The Balaban J connectivity index is 2.17. The van der Waals surface area contributed by atoms with E-state index in [9.17, 15) is 8.42 Å². The minimum atomic E-state index is -3.52. The van der Waals surface area contributed by atoms with Crippen LogP contribution in [0.5, 0.6) is 0 Å². The molecular formula is C14H15BrN2O2S. The second-order valence-electron chi connectivity index (χ2n) is 4.51. The Kier molecular flexibility index (Phi) is 4.57. The van der Waals surface area contributed by atoms with Crippen molar-refractivity contribution in [3.05, 3.63) is 57.8 Å². The van der Waals surface area contributed by atoms with Crippen molar-refractivity contribution in [2.45, 2.75) is 25.3 Å². The molecule has 0 aliphatic rings. The standard InChI is InChI=1S/C14H15BrN2O2S/c1-10-8-13(6-7-14(10)15)20(18,19)16-9-12-5-3-4-11(2)17-12/h3-8,16H,9H2,1-2H3. The van der Waals surface area contributed by atoms with Crippen LogP contribution in [0.1, 0.15) is 17.0 Å². The van der Waals surface area contributed by atoms with E-state index in [1.165, 1.54) is 0 Å². The van der Waals surface area contributed by atoms with E-state index < -0.39 is 10.0 Å². The molecule has 20 heavy (non-hydrogen) atoms. The summed E-state index contributed by atoms with van der Waals surface area (Å²) in [6.45, 7) is 3.90. The minimum absolute atomic E-state index is 0.180. The lowest BCUT2D eigenvalue weighted by atomic mass is 10.2. The van der Waals surface area contributed by atoms with Crippen LogP contribution in [0.2, 0.25) is 0 Å². The number of hydrogen-bond acceptors (Lipinski definition) is 3. The van der Waals surface area contributed by atoms with Crippen molar-refractivity contribution in [3.8, 4) is 0 Å². The van der Waals surface area contributed by atoms with Crippen molar-refractivity contribution < 1.29 is 8.42 Å². The average Bonchev–Trinajstić information content (AvgIpc) is 2.40. The highest BCUT2D eigenvalue weighted by atomic mass is 79.9. The smallest absolute Gasteiger partial charge is 0.240 e. The van der Waals surface area contributed by atoms with Gasteiger partial charge in [-0.25, -0.2) is 13.1 Å². The summed E-state index contributed by atoms with van der Waals surface area (Å²) in [5, 5.41) is 0. The third kappa shape index (κ3) is 3.65. The topological polar surface area (TPSA) is 59.1 Å². The highest BCUT2D eigenvalue weighted by Gasteiger charge is 2.14. The first-order valence-corrected chi connectivity index (χ1v) is 8.34. The van der Waals surface area contributed by atoms with Gasteiger partial charge in [0.1, 0.15) is 0 Å². The van der Waals surface area contributed by atoms with Crippen LogP contribution >= 0.6 is 15.9 Å². The number of halogens is 1. The summed E-state index contributed by atoms with van der Waals surface area (Å²) in [5.41, 5.74) is 2.44. The van der Waals surface area contributed by atoms with Crippen molar-refractivity contribution in [3.63, 3.8) is 0 Å². The monoisotopic (exact) mass is 354 g/mol. The predicted octanol–water partition coefficient (Wildman–Crippen LogP) is 2.94. The molecule has 0 saturated heterocycles. The number of rotatable bonds is 4. The maximum atomic E-state index is 12.2. The van der Waals surface area contributed by atoms with E-state index in [0.717, 1.165) is 15.7 Å². The fraction of sp³-hybridized carbons (Fsp3) is 0.214. The summed E-state index contributed by atoms with van der Waals surface area (Å²) in [5.74, 6) is 0. The second-order valence-corrected chi connectivity index (χ2v) is 7.13. The summed E-state index contributed by atoms with van der Waals surface area (Å²) >= 11 is 3.35. The Morgan fingerprint density at radius 1 is 1.20 bits per heavy atom. The molecule has 1 aromatic carbocycles. The van der Waals surface area contributed by atoms with Gasteiger partial charge in [-0.15, -0.1) is 0 Å². The van der Waals surface area contributed by atoms with Gasteiger partial charge in [0.25, 0.3) is 0 Å². The van der Waals surface area contributed by atoms with Crippen LogP contribution in [0.3, 0.4) is 0 Å². The molecule has 4 nitrogen and oxygen atoms in total. The number of sulfonamides is 1. The zero-order valence-electron chi connectivity index (χ0n) is 11.2. The fourth-order valence-electron chi connectivity index (χ4n) is 1.73. The molecule has 1 N–H and O–H groups in total. The van der Waals surface area contributed by atoms with Gasteiger partial charge in [-0.3, -0.25) is 4.98 Å². The van der Waals surface area contributed by atoms with Gasteiger partial charge in [-0.1, -0.05) is 22.0 Å². The molecule has 1 aromatic heterocycles. The van der Waals surface area contributed by atoms with Gasteiger partial charge >= 0.3 is 0 Å². The van der Waals surface area contributed by atoms with Gasteiger partial charge in [-0.05, 0) is 49.7 Å². The predicted molar refractivity (Wildman–Crippen MR) is 81.9 cm³/mol. The van der Waals surface area contributed by atoms with Crippen molar-refractivity contribution >= 4 is 26.0 Å². The molecule has 0 aliphatic carbocycles. The van der Waals surface area contributed by atoms with E-state index in [1.807, 2.05) is 26.0 Å².